The highest BCUT2D eigenvalue weighted by atomic mass is 16.5. The van der Waals surface area contributed by atoms with Gasteiger partial charge in [-0.25, -0.2) is 0 Å². The van der Waals surface area contributed by atoms with Crippen LogP contribution in [0.2, 0.25) is 0 Å². The Morgan fingerprint density at radius 1 is 1.04 bits per heavy atom. The molecule has 2 aromatic carbocycles. The molecule has 0 aliphatic rings. The number of nitrogens with one attached hydrogen (secondary N) is 1. The first-order valence-corrected chi connectivity index (χ1v) is 9.05. The van der Waals surface area contributed by atoms with Gasteiger partial charge in [0.2, 0.25) is 11.8 Å². The van der Waals surface area contributed by atoms with Gasteiger partial charge in [0.25, 0.3) is 0 Å². The molecule has 0 saturated heterocycles. The van der Waals surface area contributed by atoms with Crippen molar-refractivity contribution in [3.05, 3.63) is 65.2 Å². The van der Waals surface area contributed by atoms with Crippen LogP contribution in [0.4, 0.5) is 0 Å². The lowest BCUT2D eigenvalue weighted by Gasteiger charge is -2.28. The van der Waals surface area contributed by atoms with Crippen molar-refractivity contribution >= 4 is 11.8 Å². The zero-order valence-electron chi connectivity index (χ0n) is 16.7. The van der Waals surface area contributed by atoms with Crippen LogP contribution in [0.1, 0.15) is 49.0 Å². The zero-order valence-corrected chi connectivity index (χ0v) is 16.7. The van der Waals surface area contributed by atoms with E-state index < -0.39 is 0 Å². The van der Waals surface area contributed by atoms with Crippen molar-refractivity contribution in [2.24, 2.45) is 0 Å². The van der Waals surface area contributed by atoms with Gasteiger partial charge in [-0.1, -0.05) is 42.0 Å². The maximum Gasteiger partial charge on any atom is 0.225 e. The number of ether oxygens (including phenoxy) is 1. The molecule has 1 N–H and O–H groups in total. The number of carbonyl (C=O) groups is 2. The first-order chi connectivity index (χ1) is 12.8. The molecule has 2 rings (SSSR count). The lowest BCUT2D eigenvalue weighted by atomic mass is 10.0. The highest BCUT2D eigenvalue weighted by Gasteiger charge is 2.23. The number of carbonyl (C=O) groups excluding carboxylic acids is 2. The predicted octanol–water partition coefficient (Wildman–Crippen LogP) is 3.79. The minimum atomic E-state index is -0.346. The molecule has 5 heteroatoms. The maximum atomic E-state index is 12.9. The van der Waals surface area contributed by atoms with E-state index >= 15 is 0 Å². The summed E-state index contributed by atoms with van der Waals surface area (Å²) in [6, 6.07) is 15.1. The van der Waals surface area contributed by atoms with Gasteiger partial charge in [0.05, 0.1) is 25.6 Å². The van der Waals surface area contributed by atoms with Gasteiger partial charge in [-0.3, -0.25) is 9.59 Å². The summed E-state index contributed by atoms with van der Waals surface area (Å²) in [5, 5.41) is 2.89. The number of nitrogens with zero attached hydrogens (tertiary/aromatic N) is 1. The molecule has 0 saturated carbocycles. The molecule has 2 unspecified atom stereocenters. The Kier molecular flexibility index (Phi) is 6.99. The summed E-state index contributed by atoms with van der Waals surface area (Å²) in [5.74, 6) is 0.599. The molecule has 0 radical (unpaired) electrons. The fraction of sp³-hybridized carbons (Fsp3) is 0.364. The second-order valence-corrected chi connectivity index (χ2v) is 6.82. The van der Waals surface area contributed by atoms with Crippen LogP contribution >= 0.6 is 0 Å². The van der Waals surface area contributed by atoms with Gasteiger partial charge in [-0.05, 0) is 37.1 Å². The molecule has 2 amide bonds. The third-order valence-electron chi connectivity index (χ3n) is 4.81. The van der Waals surface area contributed by atoms with E-state index in [1.165, 1.54) is 6.92 Å². The van der Waals surface area contributed by atoms with Crippen LogP contribution in [0.25, 0.3) is 0 Å². The van der Waals surface area contributed by atoms with E-state index in [0.29, 0.717) is 0 Å². The molecule has 2 aromatic rings. The molecular formula is C22H28N2O3. The van der Waals surface area contributed by atoms with Gasteiger partial charge in [-0.15, -0.1) is 0 Å². The molecule has 0 aliphatic carbocycles. The Morgan fingerprint density at radius 2 is 1.59 bits per heavy atom. The molecule has 5 nitrogen and oxygen atoms in total. The monoisotopic (exact) mass is 368 g/mol. The molecule has 0 bridgehead atoms. The summed E-state index contributed by atoms with van der Waals surface area (Å²) in [6.45, 7) is 5.46. The SMILES string of the molecule is COc1ccc(C(C)N(C)C(=O)CC(NC(C)=O)c2ccc(C)cc2)cc1. The molecule has 144 valence electrons. The molecule has 27 heavy (non-hydrogen) atoms. The number of hydrogen-bond acceptors (Lipinski definition) is 3. The smallest absolute Gasteiger partial charge is 0.225 e. The van der Waals surface area contributed by atoms with E-state index in [9.17, 15) is 9.59 Å². The van der Waals surface area contributed by atoms with Gasteiger partial charge in [-0.2, -0.15) is 0 Å². The van der Waals surface area contributed by atoms with Crippen molar-refractivity contribution in [3.8, 4) is 5.75 Å². The number of aryl methyl sites for hydroxylation is 1. The number of benzene rings is 2. The standard InChI is InChI=1S/C22H28N2O3/c1-15-6-8-19(9-7-15)21(23-17(3)25)14-22(26)24(4)16(2)18-10-12-20(27-5)13-11-18/h6-13,16,21H,14H2,1-5H3,(H,23,25). The van der Waals surface area contributed by atoms with Crippen LogP contribution in [0.15, 0.2) is 48.5 Å². The van der Waals surface area contributed by atoms with Gasteiger partial charge in [0, 0.05) is 14.0 Å². The molecule has 0 spiro atoms. The molecule has 0 fully saturated rings. The van der Waals surface area contributed by atoms with Crippen molar-refractivity contribution < 1.29 is 14.3 Å². The van der Waals surface area contributed by atoms with Crippen molar-refractivity contribution in [1.29, 1.82) is 0 Å². The van der Waals surface area contributed by atoms with Gasteiger partial charge in [0.15, 0.2) is 0 Å². The van der Waals surface area contributed by atoms with Crippen LogP contribution in [-0.4, -0.2) is 30.9 Å². The summed E-state index contributed by atoms with van der Waals surface area (Å²) in [7, 11) is 3.42. The molecular weight excluding hydrogens is 340 g/mol. The Balaban J connectivity index is 2.12. The molecule has 0 aromatic heterocycles. The lowest BCUT2D eigenvalue weighted by Crippen LogP contribution is -2.35. The van der Waals surface area contributed by atoms with Gasteiger partial charge in [0.1, 0.15) is 5.75 Å². The van der Waals surface area contributed by atoms with Gasteiger partial charge < -0.3 is 15.0 Å². The average Bonchev–Trinajstić information content (AvgIpc) is 2.66. The summed E-state index contributed by atoms with van der Waals surface area (Å²) < 4.78 is 5.18. The number of methoxy groups -OCH3 is 1. The van der Waals surface area contributed by atoms with E-state index in [4.69, 9.17) is 4.74 Å². The number of hydrogen-bond donors (Lipinski definition) is 1. The van der Waals surface area contributed by atoms with Crippen molar-refractivity contribution in [1.82, 2.24) is 10.2 Å². The first-order valence-electron chi connectivity index (χ1n) is 9.05. The van der Waals surface area contributed by atoms with Crippen LogP contribution in [-0.2, 0) is 9.59 Å². The Labute approximate surface area is 161 Å². The summed E-state index contributed by atoms with van der Waals surface area (Å²) in [6.07, 6.45) is 0.208. The summed E-state index contributed by atoms with van der Waals surface area (Å²) in [5.41, 5.74) is 3.09. The topological polar surface area (TPSA) is 58.6 Å². The van der Waals surface area contributed by atoms with Crippen molar-refractivity contribution in [3.63, 3.8) is 0 Å². The highest BCUT2D eigenvalue weighted by molar-refractivity contribution is 5.79. The Bertz CT molecular complexity index is 769. The van der Waals surface area contributed by atoms with Crippen molar-refractivity contribution in [2.75, 3.05) is 14.2 Å². The largest absolute Gasteiger partial charge is 0.497 e. The van der Waals surface area contributed by atoms with Crippen LogP contribution < -0.4 is 10.1 Å². The third kappa shape index (κ3) is 5.58. The lowest BCUT2D eigenvalue weighted by molar-refractivity contribution is -0.132. The number of rotatable bonds is 7. The number of amides is 2. The van der Waals surface area contributed by atoms with Crippen molar-refractivity contribution in [2.45, 2.75) is 39.3 Å². The van der Waals surface area contributed by atoms with Gasteiger partial charge >= 0.3 is 0 Å². The average molecular weight is 368 g/mol. The van der Waals surface area contributed by atoms with Crippen LogP contribution in [0, 0.1) is 6.92 Å². The predicted molar refractivity (Wildman–Crippen MR) is 107 cm³/mol. The minimum absolute atomic E-state index is 0.0300. The molecule has 0 aliphatic heterocycles. The van der Waals surface area contributed by atoms with E-state index in [1.54, 1.807) is 19.1 Å². The normalized spacial score (nSPS) is 12.8. The fourth-order valence-electron chi connectivity index (χ4n) is 2.94. The zero-order chi connectivity index (χ0) is 20.0. The highest BCUT2D eigenvalue weighted by Crippen LogP contribution is 2.25. The molecule has 2 atom stereocenters. The Morgan fingerprint density at radius 3 is 2.11 bits per heavy atom. The fourth-order valence-corrected chi connectivity index (χ4v) is 2.94. The first kappa shape index (κ1) is 20.5. The van der Waals surface area contributed by atoms with Crippen LogP contribution in [0.5, 0.6) is 5.75 Å². The quantitative estimate of drug-likeness (QED) is 0.809. The Hall–Kier alpha value is -2.82. The molecule has 0 heterocycles. The maximum absolute atomic E-state index is 12.9. The third-order valence-corrected chi connectivity index (χ3v) is 4.81. The minimum Gasteiger partial charge on any atom is -0.497 e. The summed E-state index contributed by atoms with van der Waals surface area (Å²) >= 11 is 0. The van der Waals surface area contributed by atoms with Crippen LogP contribution in [0.3, 0.4) is 0 Å². The summed E-state index contributed by atoms with van der Waals surface area (Å²) in [4.78, 5) is 26.2. The van der Waals surface area contributed by atoms with E-state index in [1.807, 2.05) is 62.4 Å². The second kappa shape index (κ2) is 9.21. The second-order valence-electron chi connectivity index (χ2n) is 6.82. The van der Waals surface area contributed by atoms with E-state index in [2.05, 4.69) is 5.32 Å². The van der Waals surface area contributed by atoms with E-state index in [-0.39, 0.29) is 30.3 Å². The van der Waals surface area contributed by atoms with E-state index in [0.717, 1.165) is 22.4 Å².